The van der Waals surface area contributed by atoms with Crippen molar-refractivity contribution in [3.05, 3.63) is 0 Å². The van der Waals surface area contributed by atoms with Crippen molar-refractivity contribution in [3.63, 3.8) is 0 Å². The SMILES string of the molecule is CC(C)OC[C@@H]1CCN1C1COC1. The highest BCUT2D eigenvalue weighted by Gasteiger charge is 2.37. The van der Waals surface area contributed by atoms with Crippen LogP contribution >= 0.6 is 0 Å². The van der Waals surface area contributed by atoms with Gasteiger partial charge < -0.3 is 9.47 Å². The Labute approximate surface area is 80.0 Å². The number of rotatable bonds is 4. The third-order valence-electron chi connectivity index (χ3n) is 2.90. The zero-order valence-electron chi connectivity index (χ0n) is 8.53. The zero-order valence-corrected chi connectivity index (χ0v) is 8.53. The second kappa shape index (κ2) is 3.95. The van der Waals surface area contributed by atoms with Gasteiger partial charge in [-0.3, -0.25) is 4.90 Å². The van der Waals surface area contributed by atoms with Crippen LogP contribution < -0.4 is 0 Å². The molecular formula is C10H19NO2. The van der Waals surface area contributed by atoms with Crippen molar-refractivity contribution in [1.29, 1.82) is 0 Å². The van der Waals surface area contributed by atoms with E-state index >= 15 is 0 Å². The lowest BCUT2D eigenvalue weighted by Crippen LogP contribution is -2.61. The van der Waals surface area contributed by atoms with Crippen LogP contribution in [0.25, 0.3) is 0 Å². The van der Waals surface area contributed by atoms with Crippen LogP contribution in [-0.4, -0.2) is 49.5 Å². The van der Waals surface area contributed by atoms with Crippen molar-refractivity contribution in [2.75, 3.05) is 26.4 Å². The molecule has 0 unspecified atom stereocenters. The molecule has 0 N–H and O–H groups in total. The summed E-state index contributed by atoms with van der Waals surface area (Å²) in [5, 5.41) is 0. The summed E-state index contributed by atoms with van der Waals surface area (Å²) >= 11 is 0. The fourth-order valence-corrected chi connectivity index (χ4v) is 1.84. The molecule has 0 aromatic heterocycles. The number of ether oxygens (including phenoxy) is 2. The maximum atomic E-state index is 5.61. The summed E-state index contributed by atoms with van der Waals surface area (Å²) in [7, 11) is 0. The van der Waals surface area contributed by atoms with Gasteiger partial charge in [-0.05, 0) is 20.3 Å². The molecule has 2 aliphatic heterocycles. The summed E-state index contributed by atoms with van der Waals surface area (Å²) in [4.78, 5) is 2.52. The summed E-state index contributed by atoms with van der Waals surface area (Å²) in [6.45, 7) is 8.18. The minimum Gasteiger partial charge on any atom is -0.378 e. The van der Waals surface area contributed by atoms with E-state index in [1.165, 1.54) is 13.0 Å². The van der Waals surface area contributed by atoms with Gasteiger partial charge >= 0.3 is 0 Å². The molecule has 0 aromatic carbocycles. The third kappa shape index (κ3) is 2.03. The van der Waals surface area contributed by atoms with E-state index in [0.29, 0.717) is 18.2 Å². The first-order valence-corrected chi connectivity index (χ1v) is 5.22. The number of nitrogens with zero attached hydrogens (tertiary/aromatic N) is 1. The molecule has 3 nitrogen and oxygen atoms in total. The minimum absolute atomic E-state index is 0.361. The van der Waals surface area contributed by atoms with E-state index in [0.717, 1.165) is 19.8 Å². The van der Waals surface area contributed by atoms with Crippen LogP contribution in [0.3, 0.4) is 0 Å². The first kappa shape index (κ1) is 9.44. The average molecular weight is 185 g/mol. The van der Waals surface area contributed by atoms with Crippen LogP contribution in [0.4, 0.5) is 0 Å². The lowest BCUT2D eigenvalue weighted by atomic mass is 9.99. The van der Waals surface area contributed by atoms with Crippen LogP contribution in [0.1, 0.15) is 20.3 Å². The quantitative estimate of drug-likeness (QED) is 0.649. The van der Waals surface area contributed by atoms with Gasteiger partial charge in [0.15, 0.2) is 0 Å². The molecule has 2 heterocycles. The first-order valence-electron chi connectivity index (χ1n) is 5.22. The summed E-state index contributed by atoms with van der Waals surface area (Å²) in [5.41, 5.74) is 0. The monoisotopic (exact) mass is 185 g/mol. The summed E-state index contributed by atoms with van der Waals surface area (Å²) in [6, 6.07) is 1.35. The smallest absolute Gasteiger partial charge is 0.0645 e. The average Bonchev–Trinajstić information content (AvgIpc) is 1.93. The van der Waals surface area contributed by atoms with Gasteiger partial charge in [0.2, 0.25) is 0 Å². The van der Waals surface area contributed by atoms with Crippen LogP contribution in [0.2, 0.25) is 0 Å². The normalized spacial score (nSPS) is 30.2. The van der Waals surface area contributed by atoms with E-state index in [1.807, 2.05) is 0 Å². The molecule has 2 fully saturated rings. The van der Waals surface area contributed by atoms with E-state index in [4.69, 9.17) is 9.47 Å². The number of hydrogen-bond acceptors (Lipinski definition) is 3. The van der Waals surface area contributed by atoms with Crippen molar-refractivity contribution >= 4 is 0 Å². The van der Waals surface area contributed by atoms with Gasteiger partial charge in [-0.1, -0.05) is 0 Å². The molecule has 76 valence electrons. The Hall–Kier alpha value is -0.120. The molecule has 13 heavy (non-hydrogen) atoms. The van der Waals surface area contributed by atoms with Crippen molar-refractivity contribution in [3.8, 4) is 0 Å². The number of likely N-dealkylation sites (tertiary alicyclic amines) is 1. The van der Waals surface area contributed by atoms with Crippen molar-refractivity contribution < 1.29 is 9.47 Å². The topological polar surface area (TPSA) is 21.7 Å². The van der Waals surface area contributed by atoms with Gasteiger partial charge in [0.1, 0.15) is 0 Å². The summed E-state index contributed by atoms with van der Waals surface area (Å²) < 4.78 is 10.8. The molecule has 0 radical (unpaired) electrons. The molecule has 0 aliphatic carbocycles. The molecule has 0 aromatic rings. The Morgan fingerprint density at radius 2 is 2.23 bits per heavy atom. The van der Waals surface area contributed by atoms with E-state index < -0.39 is 0 Å². The molecule has 2 rings (SSSR count). The van der Waals surface area contributed by atoms with E-state index in [9.17, 15) is 0 Å². The molecule has 1 atom stereocenters. The zero-order chi connectivity index (χ0) is 9.26. The molecule has 3 heteroatoms. The van der Waals surface area contributed by atoms with Gasteiger partial charge in [0, 0.05) is 12.6 Å². The fourth-order valence-electron chi connectivity index (χ4n) is 1.84. The number of hydrogen-bond donors (Lipinski definition) is 0. The van der Waals surface area contributed by atoms with Crippen molar-refractivity contribution in [1.82, 2.24) is 4.90 Å². The third-order valence-corrected chi connectivity index (χ3v) is 2.90. The van der Waals surface area contributed by atoms with E-state index in [2.05, 4.69) is 18.7 Å². The lowest BCUT2D eigenvalue weighted by molar-refractivity contribution is -0.126. The highest BCUT2D eigenvalue weighted by molar-refractivity contribution is 4.90. The second-order valence-electron chi connectivity index (χ2n) is 4.25. The molecule has 0 amide bonds. The maximum Gasteiger partial charge on any atom is 0.0645 e. The summed E-state index contributed by atoms with van der Waals surface area (Å²) in [5.74, 6) is 0. The lowest BCUT2D eigenvalue weighted by Gasteiger charge is -2.49. The summed E-state index contributed by atoms with van der Waals surface area (Å²) in [6.07, 6.45) is 1.66. The molecule has 0 bridgehead atoms. The fraction of sp³-hybridized carbons (Fsp3) is 1.00. The maximum absolute atomic E-state index is 5.61. The molecule has 2 saturated heterocycles. The van der Waals surface area contributed by atoms with E-state index in [-0.39, 0.29) is 0 Å². The van der Waals surface area contributed by atoms with Crippen molar-refractivity contribution in [2.45, 2.75) is 38.5 Å². The van der Waals surface area contributed by atoms with Gasteiger partial charge in [-0.25, -0.2) is 0 Å². The van der Waals surface area contributed by atoms with Gasteiger partial charge in [-0.2, -0.15) is 0 Å². The Morgan fingerprint density at radius 3 is 2.62 bits per heavy atom. The largest absolute Gasteiger partial charge is 0.378 e. The van der Waals surface area contributed by atoms with Gasteiger partial charge in [-0.15, -0.1) is 0 Å². The van der Waals surface area contributed by atoms with Crippen LogP contribution in [0.15, 0.2) is 0 Å². The minimum atomic E-state index is 0.361. The Bertz CT molecular complexity index is 168. The Kier molecular flexibility index (Phi) is 2.86. The standard InChI is InChI=1S/C10H19NO2/c1-8(2)13-7-9-3-4-11(9)10-5-12-6-10/h8-10H,3-7H2,1-2H3/t9-/m0/s1. The first-order chi connectivity index (χ1) is 6.27. The molecule has 0 spiro atoms. The second-order valence-corrected chi connectivity index (χ2v) is 4.25. The Balaban J connectivity index is 1.68. The highest BCUT2D eigenvalue weighted by Crippen LogP contribution is 2.24. The van der Waals surface area contributed by atoms with Gasteiger partial charge in [0.25, 0.3) is 0 Å². The van der Waals surface area contributed by atoms with Crippen LogP contribution in [0.5, 0.6) is 0 Å². The Morgan fingerprint density at radius 1 is 1.46 bits per heavy atom. The van der Waals surface area contributed by atoms with Gasteiger partial charge in [0.05, 0.1) is 32.0 Å². The predicted molar refractivity (Wildman–Crippen MR) is 50.8 cm³/mol. The van der Waals surface area contributed by atoms with E-state index in [1.54, 1.807) is 0 Å². The molecule has 0 saturated carbocycles. The molecule has 2 aliphatic rings. The van der Waals surface area contributed by atoms with Crippen molar-refractivity contribution in [2.24, 2.45) is 0 Å². The molecular weight excluding hydrogens is 166 g/mol. The predicted octanol–water partition coefficient (Wildman–Crippen LogP) is 0.885. The van der Waals surface area contributed by atoms with Crippen LogP contribution in [0, 0.1) is 0 Å². The van der Waals surface area contributed by atoms with Crippen LogP contribution in [-0.2, 0) is 9.47 Å². The highest BCUT2D eigenvalue weighted by atomic mass is 16.5.